The minimum absolute atomic E-state index is 0.0332. The van der Waals surface area contributed by atoms with Crippen molar-refractivity contribution in [3.8, 4) is 0 Å². The molecule has 1 unspecified atom stereocenters. The van der Waals surface area contributed by atoms with Gasteiger partial charge in [0.1, 0.15) is 0 Å². The molecule has 3 N–H and O–H groups in total. The first kappa shape index (κ1) is 15.0. The Morgan fingerprint density at radius 1 is 1.40 bits per heavy atom. The van der Waals surface area contributed by atoms with Crippen molar-refractivity contribution in [3.05, 3.63) is 17.0 Å². The lowest BCUT2D eigenvalue weighted by atomic mass is 9.84. The molecule has 0 radical (unpaired) electrons. The molecule has 1 aliphatic rings. The van der Waals surface area contributed by atoms with Crippen LogP contribution in [0.15, 0.2) is 0 Å². The Kier molecular flexibility index (Phi) is 4.81. The van der Waals surface area contributed by atoms with Crippen LogP contribution in [0.3, 0.4) is 0 Å². The van der Waals surface area contributed by atoms with Crippen LogP contribution in [-0.2, 0) is 7.05 Å². The van der Waals surface area contributed by atoms with E-state index in [-0.39, 0.29) is 11.9 Å². The van der Waals surface area contributed by atoms with E-state index in [1.165, 1.54) is 32.1 Å². The summed E-state index contributed by atoms with van der Waals surface area (Å²) in [5, 5.41) is 7.43. The molecular weight excluding hydrogens is 252 g/mol. The van der Waals surface area contributed by atoms with E-state index in [2.05, 4.69) is 10.4 Å². The van der Waals surface area contributed by atoms with E-state index >= 15 is 0 Å². The fraction of sp³-hybridized carbons (Fsp3) is 0.733. The molecule has 112 valence electrons. The average Bonchev–Trinajstić information content (AvgIpc) is 2.70. The van der Waals surface area contributed by atoms with Crippen LogP contribution >= 0.6 is 0 Å². The lowest BCUT2D eigenvalue weighted by molar-refractivity contribution is 0.0914. The highest BCUT2D eigenvalue weighted by atomic mass is 16.1. The van der Waals surface area contributed by atoms with Crippen LogP contribution in [0, 0.1) is 19.8 Å². The highest BCUT2D eigenvalue weighted by Crippen LogP contribution is 2.26. The first-order valence-electron chi connectivity index (χ1n) is 7.55. The molecular formula is C15H26N4O. The Morgan fingerprint density at radius 3 is 2.55 bits per heavy atom. The number of hydrogen-bond acceptors (Lipinski definition) is 3. The van der Waals surface area contributed by atoms with Gasteiger partial charge in [0.2, 0.25) is 0 Å². The lowest BCUT2D eigenvalue weighted by Crippen LogP contribution is -2.46. The zero-order chi connectivity index (χ0) is 14.7. The Bertz CT molecular complexity index is 474. The van der Waals surface area contributed by atoms with Crippen LogP contribution in [0.1, 0.15) is 53.8 Å². The summed E-state index contributed by atoms with van der Waals surface area (Å²) in [6.07, 6.45) is 6.16. The molecule has 1 aromatic heterocycles. The van der Waals surface area contributed by atoms with Gasteiger partial charge in [-0.05, 0) is 32.6 Å². The summed E-state index contributed by atoms with van der Waals surface area (Å²) in [6, 6.07) is 0.0850. The molecule has 5 heteroatoms. The molecule has 1 heterocycles. The Morgan fingerprint density at radius 2 is 2.05 bits per heavy atom. The molecule has 1 aliphatic carbocycles. The van der Waals surface area contributed by atoms with E-state index < -0.39 is 0 Å². The predicted molar refractivity (Wildman–Crippen MR) is 79.6 cm³/mol. The number of nitrogens with two attached hydrogens (primary N) is 1. The fourth-order valence-corrected chi connectivity index (χ4v) is 3.25. The molecule has 1 amide bonds. The number of carbonyl (C=O) groups excluding carboxylic acids is 1. The predicted octanol–water partition coefficient (Wildman–Crippen LogP) is 1.67. The van der Waals surface area contributed by atoms with Gasteiger partial charge in [0.15, 0.2) is 0 Å². The Hall–Kier alpha value is -1.36. The molecule has 1 fully saturated rings. The van der Waals surface area contributed by atoms with Crippen LogP contribution in [0.2, 0.25) is 0 Å². The number of carbonyl (C=O) groups is 1. The minimum atomic E-state index is -0.0332. The SMILES string of the molecule is Cc1nn(C)c(C)c1C(=O)NC(CN)C1CCCCC1. The van der Waals surface area contributed by atoms with Crippen molar-refractivity contribution < 1.29 is 4.79 Å². The fourth-order valence-electron chi connectivity index (χ4n) is 3.25. The van der Waals surface area contributed by atoms with E-state index in [0.29, 0.717) is 18.0 Å². The summed E-state index contributed by atoms with van der Waals surface area (Å²) in [7, 11) is 1.86. The van der Waals surface area contributed by atoms with E-state index in [1.54, 1.807) is 4.68 Å². The Balaban J connectivity index is 2.08. The maximum atomic E-state index is 12.5. The van der Waals surface area contributed by atoms with Crippen LogP contribution in [0.4, 0.5) is 0 Å². The largest absolute Gasteiger partial charge is 0.348 e. The first-order valence-corrected chi connectivity index (χ1v) is 7.55. The Labute approximate surface area is 120 Å². The van der Waals surface area contributed by atoms with Crippen molar-refractivity contribution in [2.24, 2.45) is 18.7 Å². The van der Waals surface area contributed by atoms with Gasteiger partial charge in [-0.15, -0.1) is 0 Å². The molecule has 0 aliphatic heterocycles. The van der Waals surface area contributed by atoms with Crippen molar-refractivity contribution in [3.63, 3.8) is 0 Å². The topological polar surface area (TPSA) is 72.9 Å². The van der Waals surface area contributed by atoms with Crippen LogP contribution in [0.5, 0.6) is 0 Å². The van der Waals surface area contributed by atoms with E-state index in [0.717, 1.165) is 11.4 Å². The quantitative estimate of drug-likeness (QED) is 0.880. The second kappa shape index (κ2) is 6.39. The average molecular weight is 278 g/mol. The van der Waals surface area contributed by atoms with Crippen molar-refractivity contribution >= 4 is 5.91 Å². The van der Waals surface area contributed by atoms with E-state index in [9.17, 15) is 4.79 Å². The standard InChI is InChI=1S/C15H26N4O/c1-10-14(11(2)19(3)18-10)15(20)17-13(9-16)12-7-5-4-6-8-12/h12-13H,4-9,16H2,1-3H3,(H,17,20). The van der Waals surface area contributed by atoms with Gasteiger partial charge in [-0.25, -0.2) is 0 Å². The number of rotatable bonds is 4. The van der Waals surface area contributed by atoms with Crippen molar-refractivity contribution in [1.29, 1.82) is 0 Å². The first-order chi connectivity index (χ1) is 9.54. The smallest absolute Gasteiger partial charge is 0.255 e. The highest BCUT2D eigenvalue weighted by molar-refractivity contribution is 5.96. The van der Waals surface area contributed by atoms with Gasteiger partial charge in [-0.2, -0.15) is 5.10 Å². The van der Waals surface area contributed by atoms with Crippen LogP contribution < -0.4 is 11.1 Å². The van der Waals surface area contributed by atoms with Gasteiger partial charge >= 0.3 is 0 Å². The van der Waals surface area contributed by atoms with Gasteiger partial charge in [0.05, 0.1) is 11.3 Å². The van der Waals surface area contributed by atoms with E-state index in [1.807, 2.05) is 20.9 Å². The molecule has 0 saturated heterocycles. The number of nitrogens with one attached hydrogen (secondary N) is 1. The van der Waals surface area contributed by atoms with Crippen LogP contribution in [-0.4, -0.2) is 28.3 Å². The van der Waals surface area contributed by atoms with Crippen molar-refractivity contribution in [2.45, 2.75) is 52.0 Å². The zero-order valence-corrected chi connectivity index (χ0v) is 12.8. The maximum absolute atomic E-state index is 12.5. The molecule has 2 rings (SSSR count). The van der Waals surface area contributed by atoms with Gasteiger partial charge in [0.25, 0.3) is 5.91 Å². The third kappa shape index (κ3) is 3.03. The highest BCUT2D eigenvalue weighted by Gasteiger charge is 2.26. The summed E-state index contributed by atoms with van der Waals surface area (Å²) in [4.78, 5) is 12.5. The van der Waals surface area contributed by atoms with Gasteiger partial charge in [0, 0.05) is 25.3 Å². The number of amides is 1. The summed E-state index contributed by atoms with van der Waals surface area (Å²) in [5.74, 6) is 0.490. The molecule has 1 aromatic rings. The summed E-state index contributed by atoms with van der Waals surface area (Å²) in [5.41, 5.74) is 8.25. The molecule has 5 nitrogen and oxygen atoms in total. The van der Waals surface area contributed by atoms with Gasteiger partial charge in [-0.3, -0.25) is 9.48 Å². The molecule has 0 spiro atoms. The summed E-state index contributed by atoms with van der Waals surface area (Å²) in [6.45, 7) is 4.31. The third-order valence-electron chi connectivity index (χ3n) is 4.53. The summed E-state index contributed by atoms with van der Waals surface area (Å²) < 4.78 is 1.75. The zero-order valence-electron chi connectivity index (χ0n) is 12.8. The summed E-state index contributed by atoms with van der Waals surface area (Å²) >= 11 is 0. The lowest BCUT2D eigenvalue weighted by Gasteiger charge is -2.30. The van der Waals surface area contributed by atoms with Gasteiger partial charge in [-0.1, -0.05) is 19.3 Å². The van der Waals surface area contributed by atoms with Crippen LogP contribution in [0.25, 0.3) is 0 Å². The monoisotopic (exact) mass is 278 g/mol. The number of nitrogens with zero attached hydrogens (tertiary/aromatic N) is 2. The third-order valence-corrected chi connectivity index (χ3v) is 4.53. The minimum Gasteiger partial charge on any atom is -0.348 e. The van der Waals surface area contributed by atoms with Gasteiger partial charge < -0.3 is 11.1 Å². The number of aromatic nitrogens is 2. The molecule has 0 aromatic carbocycles. The van der Waals surface area contributed by atoms with Crippen molar-refractivity contribution in [2.75, 3.05) is 6.54 Å². The normalized spacial score (nSPS) is 18.0. The number of aryl methyl sites for hydroxylation is 2. The number of hydrogen-bond donors (Lipinski definition) is 2. The van der Waals surface area contributed by atoms with Crippen molar-refractivity contribution in [1.82, 2.24) is 15.1 Å². The molecule has 1 atom stereocenters. The maximum Gasteiger partial charge on any atom is 0.255 e. The molecule has 20 heavy (non-hydrogen) atoms. The second-order valence-electron chi connectivity index (χ2n) is 5.88. The van der Waals surface area contributed by atoms with E-state index in [4.69, 9.17) is 5.73 Å². The molecule has 1 saturated carbocycles. The molecule has 0 bridgehead atoms. The second-order valence-corrected chi connectivity index (χ2v) is 5.88.